The second kappa shape index (κ2) is 9.40. The zero-order valence-corrected chi connectivity index (χ0v) is 14.7. The second-order valence-electron chi connectivity index (χ2n) is 6.13. The Kier molecular flexibility index (Phi) is 6.95. The molecule has 0 saturated heterocycles. The van der Waals surface area contributed by atoms with Crippen LogP contribution in [0.1, 0.15) is 21.5 Å². The molecule has 0 aliphatic heterocycles. The van der Waals surface area contributed by atoms with Crippen LogP contribution in [-0.2, 0) is 17.8 Å². The number of amides is 1. The molecule has 2 N–H and O–H groups in total. The van der Waals surface area contributed by atoms with E-state index in [1.54, 1.807) is 12.1 Å². The van der Waals surface area contributed by atoms with Crippen LogP contribution < -0.4 is 5.32 Å². The molecule has 0 spiro atoms. The molecule has 2 rings (SSSR count). The highest BCUT2D eigenvalue weighted by atomic mass is 16.4. The molecule has 0 aliphatic carbocycles. The summed E-state index contributed by atoms with van der Waals surface area (Å²) in [4.78, 5) is 25.8. The third-order valence-corrected chi connectivity index (χ3v) is 3.92. The van der Waals surface area contributed by atoms with Gasteiger partial charge < -0.3 is 10.4 Å². The molecular weight excluding hydrogens is 328 g/mol. The van der Waals surface area contributed by atoms with Crippen molar-refractivity contribution in [3.8, 4) is 12.3 Å². The summed E-state index contributed by atoms with van der Waals surface area (Å²) in [6.45, 7) is 1.22. The number of hydrogen-bond donors (Lipinski definition) is 2. The third-order valence-electron chi connectivity index (χ3n) is 3.92. The fourth-order valence-electron chi connectivity index (χ4n) is 2.58. The first-order valence-electron chi connectivity index (χ1n) is 8.28. The van der Waals surface area contributed by atoms with Crippen molar-refractivity contribution in [2.75, 3.05) is 13.6 Å². The number of carboxylic acid groups (broad SMARTS) is 1. The smallest absolute Gasteiger partial charge is 0.326 e. The lowest BCUT2D eigenvalue weighted by molar-refractivity contribution is -0.139. The zero-order valence-electron chi connectivity index (χ0n) is 14.7. The SMILES string of the molecule is C#CCN(C)Cc1ccc(C(=O)NC(Cc2ccccc2)C(=O)O)cc1. The van der Waals surface area contributed by atoms with Crippen molar-refractivity contribution in [1.29, 1.82) is 0 Å². The van der Waals surface area contributed by atoms with E-state index in [-0.39, 0.29) is 6.42 Å². The van der Waals surface area contributed by atoms with Crippen LogP contribution in [0.25, 0.3) is 0 Å². The van der Waals surface area contributed by atoms with Gasteiger partial charge in [-0.15, -0.1) is 6.42 Å². The van der Waals surface area contributed by atoms with Crippen molar-refractivity contribution < 1.29 is 14.7 Å². The molecule has 2 aromatic rings. The zero-order chi connectivity index (χ0) is 18.9. The monoisotopic (exact) mass is 350 g/mol. The predicted molar refractivity (Wildman–Crippen MR) is 101 cm³/mol. The number of nitrogens with zero attached hydrogens (tertiary/aromatic N) is 1. The Hall–Kier alpha value is -3.10. The summed E-state index contributed by atoms with van der Waals surface area (Å²) in [5.41, 5.74) is 2.30. The molecule has 0 saturated carbocycles. The second-order valence-corrected chi connectivity index (χ2v) is 6.13. The standard InChI is InChI=1S/C21H22N2O3/c1-3-13-23(2)15-17-9-11-18(12-10-17)20(24)22-19(21(25)26)14-16-7-5-4-6-8-16/h1,4-12,19H,13-15H2,2H3,(H,22,24)(H,25,26). The van der Waals surface area contributed by atoms with Gasteiger partial charge in [-0.05, 0) is 30.3 Å². The highest BCUT2D eigenvalue weighted by Gasteiger charge is 2.21. The van der Waals surface area contributed by atoms with Gasteiger partial charge in [0.15, 0.2) is 0 Å². The lowest BCUT2D eigenvalue weighted by atomic mass is 10.1. The van der Waals surface area contributed by atoms with E-state index in [0.29, 0.717) is 18.7 Å². The Morgan fingerprint density at radius 2 is 1.77 bits per heavy atom. The molecule has 2 aromatic carbocycles. The molecule has 1 unspecified atom stereocenters. The van der Waals surface area contributed by atoms with Crippen LogP contribution in [0.5, 0.6) is 0 Å². The maximum atomic E-state index is 12.4. The Balaban J connectivity index is 2.00. The molecule has 134 valence electrons. The van der Waals surface area contributed by atoms with Gasteiger partial charge in [0.25, 0.3) is 5.91 Å². The number of benzene rings is 2. The minimum absolute atomic E-state index is 0.233. The summed E-state index contributed by atoms with van der Waals surface area (Å²) in [5, 5.41) is 12.0. The predicted octanol–water partition coefficient (Wildman–Crippen LogP) is 2.18. The average Bonchev–Trinajstić information content (AvgIpc) is 2.62. The van der Waals surface area contributed by atoms with Crippen molar-refractivity contribution >= 4 is 11.9 Å². The highest BCUT2D eigenvalue weighted by molar-refractivity contribution is 5.96. The minimum Gasteiger partial charge on any atom is -0.480 e. The van der Waals surface area contributed by atoms with Gasteiger partial charge in [-0.25, -0.2) is 4.79 Å². The van der Waals surface area contributed by atoms with E-state index >= 15 is 0 Å². The molecule has 26 heavy (non-hydrogen) atoms. The Morgan fingerprint density at radius 1 is 1.12 bits per heavy atom. The number of rotatable bonds is 8. The number of carbonyl (C=O) groups is 2. The summed E-state index contributed by atoms with van der Waals surface area (Å²) in [7, 11) is 1.92. The lowest BCUT2D eigenvalue weighted by Crippen LogP contribution is -2.42. The Labute approximate surface area is 153 Å². The van der Waals surface area contributed by atoms with Gasteiger partial charge in [0.2, 0.25) is 0 Å². The summed E-state index contributed by atoms with van der Waals surface area (Å²) in [5.74, 6) is 1.11. The average molecular weight is 350 g/mol. The van der Waals surface area contributed by atoms with E-state index < -0.39 is 17.9 Å². The first-order valence-corrected chi connectivity index (χ1v) is 8.28. The van der Waals surface area contributed by atoms with Crippen LogP contribution in [0.2, 0.25) is 0 Å². The lowest BCUT2D eigenvalue weighted by Gasteiger charge is -2.16. The number of nitrogens with one attached hydrogen (secondary N) is 1. The topological polar surface area (TPSA) is 69.6 Å². The van der Waals surface area contributed by atoms with Crippen LogP contribution >= 0.6 is 0 Å². The van der Waals surface area contributed by atoms with E-state index in [0.717, 1.165) is 11.1 Å². The van der Waals surface area contributed by atoms with Crippen molar-refractivity contribution in [3.05, 3.63) is 71.3 Å². The van der Waals surface area contributed by atoms with Crippen LogP contribution in [0, 0.1) is 12.3 Å². The van der Waals surface area contributed by atoms with E-state index in [1.807, 2.05) is 54.4 Å². The van der Waals surface area contributed by atoms with E-state index in [2.05, 4.69) is 11.2 Å². The summed E-state index contributed by atoms with van der Waals surface area (Å²) in [6.07, 6.45) is 5.51. The Morgan fingerprint density at radius 3 is 2.35 bits per heavy atom. The van der Waals surface area contributed by atoms with Crippen LogP contribution in [0.3, 0.4) is 0 Å². The number of terminal acetylenes is 1. The van der Waals surface area contributed by atoms with Crippen LogP contribution in [-0.4, -0.2) is 41.5 Å². The summed E-state index contributed by atoms with van der Waals surface area (Å²) >= 11 is 0. The quantitative estimate of drug-likeness (QED) is 0.716. The van der Waals surface area contributed by atoms with Crippen molar-refractivity contribution in [1.82, 2.24) is 10.2 Å². The molecule has 0 bridgehead atoms. The summed E-state index contributed by atoms with van der Waals surface area (Å²) < 4.78 is 0. The van der Waals surface area contributed by atoms with Gasteiger partial charge in [0.1, 0.15) is 6.04 Å². The van der Waals surface area contributed by atoms with Crippen LogP contribution in [0.15, 0.2) is 54.6 Å². The maximum absolute atomic E-state index is 12.4. The van der Waals surface area contributed by atoms with Gasteiger partial charge in [-0.3, -0.25) is 9.69 Å². The van der Waals surface area contributed by atoms with Gasteiger partial charge in [-0.2, -0.15) is 0 Å². The molecular formula is C21H22N2O3. The minimum atomic E-state index is -1.06. The first-order chi connectivity index (χ1) is 12.5. The normalized spacial score (nSPS) is 11.6. The van der Waals surface area contributed by atoms with Gasteiger partial charge in [0.05, 0.1) is 6.54 Å². The molecule has 0 aliphatic rings. The molecule has 0 radical (unpaired) electrons. The first kappa shape index (κ1) is 19.2. The van der Waals surface area contributed by atoms with Gasteiger partial charge in [0, 0.05) is 18.5 Å². The van der Waals surface area contributed by atoms with Gasteiger partial charge >= 0.3 is 5.97 Å². The molecule has 0 heterocycles. The number of carboxylic acids is 1. The molecule has 0 fully saturated rings. The molecule has 5 nitrogen and oxygen atoms in total. The summed E-state index contributed by atoms with van der Waals surface area (Å²) in [6, 6.07) is 15.3. The fraction of sp³-hybridized carbons (Fsp3) is 0.238. The third kappa shape index (κ3) is 5.76. The van der Waals surface area contributed by atoms with Crippen LogP contribution in [0.4, 0.5) is 0 Å². The molecule has 0 aromatic heterocycles. The van der Waals surface area contributed by atoms with Crippen molar-refractivity contribution in [2.45, 2.75) is 19.0 Å². The fourth-order valence-corrected chi connectivity index (χ4v) is 2.58. The molecule has 1 amide bonds. The van der Waals surface area contributed by atoms with E-state index in [4.69, 9.17) is 6.42 Å². The number of aliphatic carboxylic acids is 1. The molecule has 1 atom stereocenters. The van der Waals surface area contributed by atoms with Crippen molar-refractivity contribution in [3.63, 3.8) is 0 Å². The van der Waals surface area contributed by atoms with Gasteiger partial charge in [-0.1, -0.05) is 48.4 Å². The largest absolute Gasteiger partial charge is 0.480 e. The van der Waals surface area contributed by atoms with E-state index in [9.17, 15) is 14.7 Å². The van der Waals surface area contributed by atoms with Crippen molar-refractivity contribution in [2.24, 2.45) is 0 Å². The number of hydrogen-bond acceptors (Lipinski definition) is 3. The highest BCUT2D eigenvalue weighted by Crippen LogP contribution is 2.09. The van der Waals surface area contributed by atoms with E-state index in [1.165, 1.54) is 0 Å². The number of carbonyl (C=O) groups excluding carboxylic acids is 1. The Bertz CT molecular complexity index is 779. The maximum Gasteiger partial charge on any atom is 0.326 e. The molecule has 5 heteroatoms.